The van der Waals surface area contributed by atoms with Crippen LogP contribution in [0.3, 0.4) is 0 Å². The second-order valence-corrected chi connectivity index (χ2v) is 4.03. The molecular weight excluding hydrogens is 234 g/mol. The van der Waals surface area contributed by atoms with Crippen LogP contribution in [0.5, 0.6) is 0 Å². The zero-order chi connectivity index (χ0) is 13.1. The fourth-order valence-electron chi connectivity index (χ4n) is 1.92. The van der Waals surface area contributed by atoms with Crippen molar-refractivity contribution in [1.29, 1.82) is 0 Å². The van der Waals surface area contributed by atoms with Crippen molar-refractivity contribution in [3.63, 3.8) is 0 Å². The molecule has 0 saturated carbocycles. The van der Waals surface area contributed by atoms with Crippen LogP contribution in [0.2, 0.25) is 0 Å². The third-order valence-electron chi connectivity index (χ3n) is 2.76. The molecule has 5 heteroatoms. The number of nitrogens with two attached hydrogens (primary N) is 1. The van der Waals surface area contributed by atoms with Gasteiger partial charge in [0, 0.05) is 12.0 Å². The van der Waals surface area contributed by atoms with Crippen molar-refractivity contribution in [2.75, 3.05) is 0 Å². The number of rotatable bonds is 4. The van der Waals surface area contributed by atoms with Gasteiger partial charge in [0.05, 0.1) is 0 Å². The zero-order valence-electron chi connectivity index (χ0n) is 9.63. The number of carbonyl (C=O) groups excluding carboxylic acids is 2. The Labute approximate surface area is 104 Å². The highest BCUT2D eigenvalue weighted by atomic mass is 16.6. The van der Waals surface area contributed by atoms with E-state index >= 15 is 0 Å². The first-order valence-corrected chi connectivity index (χ1v) is 5.57. The molecule has 0 saturated heterocycles. The Morgan fingerprint density at radius 3 is 2.61 bits per heavy atom. The molecule has 1 aromatic rings. The molecule has 1 heterocycles. The van der Waals surface area contributed by atoms with Gasteiger partial charge >= 0.3 is 5.97 Å². The van der Waals surface area contributed by atoms with Crippen LogP contribution in [0.25, 0.3) is 5.57 Å². The van der Waals surface area contributed by atoms with Crippen molar-refractivity contribution in [2.45, 2.75) is 18.9 Å². The molecule has 94 valence electrons. The lowest BCUT2D eigenvalue weighted by atomic mass is 9.97. The Balaban J connectivity index is 2.28. The summed E-state index contributed by atoms with van der Waals surface area (Å²) in [4.78, 5) is 22.1. The number of benzene rings is 1. The van der Waals surface area contributed by atoms with Crippen molar-refractivity contribution in [1.82, 2.24) is 0 Å². The highest BCUT2D eigenvalue weighted by Crippen LogP contribution is 2.32. The Morgan fingerprint density at radius 2 is 2.00 bits per heavy atom. The van der Waals surface area contributed by atoms with Crippen molar-refractivity contribution in [3.8, 4) is 0 Å². The molecule has 0 radical (unpaired) electrons. The summed E-state index contributed by atoms with van der Waals surface area (Å²) in [5.74, 6) is -1.62. The molecule has 1 aliphatic rings. The molecule has 1 amide bonds. The Hall–Kier alpha value is -2.30. The number of esters is 1. The highest BCUT2D eigenvalue weighted by molar-refractivity contribution is 6.00. The largest absolute Gasteiger partial charge is 0.502 e. The molecular formula is C13H13NO4. The van der Waals surface area contributed by atoms with Gasteiger partial charge in [0.1, 0.15) is 6.10 Å². The number of aliphatic hydroxyl groups excluding tert-OH is 1. The van der Waals surface area contributed by atoms with Crippen LogP contribution in [0.4, 0.5) is 0 Å². The normalized spacial score (nSPS) is 18.9. The van der Waals surface area contributed by atoms with Crippen molar-refractivity contribution >= 4 is 17.4 Å². The molecule has 0 bridgehead atoms. The van der Waals surface area contributed by atoms with Crippen molar-refractivity contribution < 1.29 is 19.4 Å². The summed E-state index contributed by atoms with van der Waals surface area (Å²) in [5.41, 5.74) is 6.19. The average Bonchev–Trinajstić information content (AvgIpc) is 2.64. The van der Waals surface area contributed by atoms with Crippen molar-refractivity contribution in [2.24, 2.45) is 5.73 Å². The molecule has 18 heavy (non-hydrogen) atoms. The van der Waals surface area contributed by atoms with Crippen LogP contribution in [-0.4, -0.2) is 23.1 Å². The number of carbonyl (C=O) groups is 2. The fraction of sp³-hybridized carbons (Fsp3) is 0.231. The maximum Gasteiger partial charge on any atom is 0.374 e. The van der Waals surface area contributed by atoms with Crippen LogP contribution < -0.4 is 5.73 Å². The average molecular weight is 247 g/mol. The van der Waals surface area contributed by atoms with E-state index in [1.54, 1.807) is 24.3 Å². The quantitative estimate of drug-likeness (QED) is 0.781. The number of cyclic esters (lactones) is 1. The maximum atomic E-state index is 11.4. The van der Waals surface area contributed by atoms with Crippen LogP contribution in [0.15, 0.2) is 36.1 Å². The first-order chi connectivity index (χ1) is 8.59. The van der Waals surface area contributed by atoms with Gasteiger partial charge in [-0.15, -0.1) is 0 Å². The Kier molecular flexibility index (Phi) is 3.32. The lowest BCUT2D eigenvalue weighted by molar-refractivity contribution is -0.142. The van der Waals surface area contributed by atoms with Gasteiger partial charge in [-0.05, 0) is 12.0 Å². The topological polar surface area (TPSA) is 89.6 Å². The molecule has 2 rings (SSSR count). The molecule has 0 aromatic heterocycles. The lowest BCUT2D eigenvalue weighted by Crippen LogP contribution is -2.17. The van der Waals surface area contributed by atoms with E-state index in [1.165, 1.54) is 0 Å². The minimum atomic E-state index is -0.761. The lowest BCUT2D eigenvalue weighted by Gasteiger charge is -2.12. The monoisotopic (exact) mass is 247 g/mol. The maximum absolute atomic E-state index is 11.4. The van der Waals surface area contributed by atoms with Crippen LogP contribution in [0, 0.1) is 0 Å². The SMILES string of the molecule is NC(=O)CCC1OC(=O)C(O)=C1c1ccccc1. The van der Waals surface area contributed by atoms with Crippen LogP contribution in [0.1, 0.15) is 18.4 Å². The zero-order valence-corrected chi connectivity index (χ0v) is 9.63. The summed E-state index contributed by atoms with van der Waals surface area (Å²) in [6.45, 7) is 0. The second-order valence-electron chi connectivity index (χ2n) is 4.03. The molecule has 0 aliphatic carbocycles. The van der Waals surface area contributed by atoms with Crippen molar-refractivity contribution in [3.05, 3.63) is 41.7 Å². The third kappa shape index (κ3) is 2.34. The highest BCUT2D eigenvalue weighted by Gasteiger charge is 2.34. The minimum absolute atomic E-state index is 0.0988. The molecule has 1 atom stereocenters. The standard InChI is InChI=1S/C13H13NO4/c14-10(15)7-6-9-11(12(16)13(17)18-9)8-4-2-1-3-5-8/h1-5,9,16H,6-7H2,(H2,14,15). The Bertz CT molecular complexity index is 507. The van der Waals surface area contributed by atoms with Crippen LogP contribution in [-0.2, 0) is 14.3 Å². The predicted octanol–water partition coefficient (Wildman–Crippen LogP) is 1.15. The summed E-state index contributed by atoms with van der Waals surface area (Å²) in [6.07, 6.45) is -0.246. The van der Waals surface area contributed by atoms with Gasteiger partial charge in [0.15, 0.2) is 0 Å². The number of amides is 1. The van der Waals surface area contributed by atoms with E-state index in [1.807, 2.05) is 6.07 Å². The number of primary amides is 1. The van der Waals surface area contributed by atoms with Gasteiger partial charge < -0.3 is 15.6 Å². The van der Waals surface area contributed by atoms with E-state index in [9.17, 15) is 14.7 Å². The third-order valence-corrected chi connectivity index (χ3v) is 2.76. The summed E-state index contributed by atoms with van der Waals surface area (Å²) < 4.78 is 5.02. The minimum Gasteiger partial charge on any atom is -0.502 e. The van der Waals surface area contributed by atoms with Crippen LogP contribution >= 0.6 is 0 Å². The van der Waals surface area contributed by atoms with Gasteiger partial charge in [0.25, 0.3) is 0 Å². The molecule has 1 unspecified atom stereocenters. The van der Waals surface area contributed by atoms with Gasteiger partial charge in [-0.2, -0.15) is 0 Å². The Morgan fingerprint density at radius 1 is 1.33 bits per heavy atom. The molecule has 0 fully saturated rings. The van der Waals surface area contributed by atoms with E-state index in [-0.39, 0.29) is 12.8 Å². The summed E-state index contributed by atoms with van der Waals surface area (Å²) in [5, 5.41) is 9.74. The number of aliphatic hydroxyl groups is 1. The summed E-state index contributed by atoms with van der Waals surface area (Å²) in [6, 6.07) is 8.96. The smallest absolute Gasteiger partial charge is 0.374 e. The molecule has 3 N–H and O–H groups in total. The predicted molar refractivity (Wildman–Crippen MR) is 64.3 cm³/mol. The van der Waals surface area contributed by atoms with Gasteiger partial charge in [-0.3, -0.25) is 4.79 Å². The molecule has 5 nitrogen and oxygen atoms in total. The van der Waals surface area contributed by atoms with E-state index in [0.717, 1.165) is 0 Å². The summed E-state index contributed by atoms with van der Waals surface area (Å²) >= 11 is 0. The van der Waals surface area contributed by atoms with Gasteiger partial charge in [0.2, 0.25) is 11.7 Å². The first-order valence-electron chi connectivity index (χ1n) is 5.57. The molecule has 0 spiro atoms. The van der Waals surface area contributed by atoms with Gasteiger partial charge in [-0.25, -0.2) is 4.79 Å². The molecule has 1 aliphatic heterocycles. The van der Waals surface area contributed by atoms with E-state index in [2.05, 4.69) is 0 Å². The number of hydrogen-bond acceptors (Lipinski definition) is 4. The number of ether oxygens (including phenoxy) is 1. The van der Waals surface area contributed by atoms with E-state index < -0.39 is 23.7 Å². The number of hydrogen-bond donors (Lipinski definition) is 2. The second kappa shape index (κ2) is 4.91. The van der Waals surface area contributed by atoms with Gasteiger partial charge in [-0.1, -0.05) is 30.3 Å². The molecule has 1 aromatic carbocycles. The summed E-state index contributed by atoms with van der Waals surface area (Å²) in [7, 11) is 0. The van der Waals surface area contributed by atoms with E-state index in [0.29, 0.717) is 11.1 Å². The van der Waals surface area contributed by atoms with E-state index in [4.69, 9.17) is 10.5 Å². The fourth-order valence-corrected chi connectivity index (χ4v) is 1.92. The first kappa shape index (κ1) is 12.2.